The van der Waals surface area contributed by atoms with Crippen molar-refractivity contribution in [2.75, 3.05) is 12.4 Å². The highest BCUT2D eigenvalue weighted by Gasteiger charge is 2.26. The van der Waals surface area contributed by atoms with Crippen molar-refractivity contribution < 1.29 is 14.4 Å². The molecule has 0 saturated heterocycles. The number of methoxy groups -OCH3 is 1. The fraction of sp³-hybridized carbons (Fsp3) is 0.0500. The number of nitrogens with zero attached hydrogens (tertiary/aromatic N) is 4. The van der Waals surface area contributed by atoms with Crippen molar-refractivity contribution >= 4 is 44.0 Å². The number of nitrogens with one attached hydrogen (secondary N) is 1. The maximum Gasteiger partial charge on any atom is 0.373 e. The Kier molecular flexibility index (Phi) is 5.40. The summed E-state index contributed by atoms with van der Waals surface area (Å²) in [5.74, 6) is 0.812. The van der Waals surface area contributed by atoms with Gasteiger partial charge in [-0.2, -0.15) is 4.98 Å². The average Bonchev–Trinajstić information content (AvgIpc) is 2.76. The lowest BCUT2D eigenvalue weighted by atomic mass is 10.2. The van der Waals surface area contributed by atoms with E-state index in [-0.39, 0.29) is 17.4 Å². The summed E-state index contributed by atoms with van der Waals surface area (Å²) in [6.45, 7) is 0. The van der Waals surface area contributed by atoms with Crippen LogP contribution in [0.15, 0.2) is 65.5 Å². The molecule has 0 radical (unpaired) electrons. The van der Waals surface area contributed by atoms with E-state index in [2.05, 4.69) is 36.2 Å². The minimum absolute atomic E-state index is 0.00421. The molecular formula is C20H14BrN5O4. The third-order valence-electron chi connectivity index (χ3n) is 4.21. The molecule has 9 nitrogen and oxygen atoms in total. The van der Waals surface area contributed by atoms with Crippen LogP contribution in [0.4, 0.5) is 17.2 Å². The number of anilines is 2. The normalized spacial score (nSPS) is 10.6. The zero-order chi connectivity index (χ0) is 21.1. The van der Waals surface area contributed by atoms with E-state index in [0.717, 1.165) is 9.86 Å². The molecule has 10 heteroatoms. The molecule has 0 aliphatic rings. The van der Waals surface area contributed by atoms with Crippen molar-refractivity contribution in [1.29, 1.82) is 0 Å². The standard InChI is InChI=1S/C20H14BrN5O4/c1-29-13-6-4-12(5-7-13)25-19-18(26(27)28)20(24-11-23-19)30-16-9-8-15(21)14-3-2-10-22-17(14)16/h2-11H,1H3,(H,23,24,25). The second-order valence-corrected chi connectivity index (χ2v) is 6.89. The summed E-state index contributed by atoms with van der Waals surface area (Å²) in [4.78, 5) is 23.5. The van der Waals surface area contributed by atoms with Crippen molar-refractivity contribution in [1.82, 2.24) is 15.0 Å². The number of benzene rings is 2. The molecule has 0 fully saturated rings. The SMILES string of the molecule is COc1ccc(Nc2ncnc(Oc3ccc(Br)c4cccnc34)c2[N+](=O)[O-])cc1. The molecule has 2 aromatic heterocycles. The summed E-state index contributed by atoms with van der Waals surface area (Å²) in [7, 11) is 1.56. The molecule has 4 aromatic rings. The Hall–Kier alpha value is -3.79. The number of fused-ring (bicyclic) bond motifs is 1. The first kappa shape index (κ1) is 19.5. The lowest BCUT2D eigenvalue weighted by molar-refractivity contribution is -0.385. The van der Waals surface area contributed by atoms with Crippen LogP contribution in [0.3, 0.4) is 0 Å². The minimum Gasteiger partial charge on any atom is -0.497 e. The molecule has 2 aromatic carbocycles. The van der Waals surface area contributed by atoms with Crippen molar-refractivity contribution in [2.45, 2.75) is 0 Å². The number of aromatic nitrogens is 3. The molecule has 1 N–H and O–H groups in total. The molecule has 0 saturated carbocycles. The van der Waals surface area contributed by atoms with E-state index in [1.54, 1.807) is 55.8 Å². The van der Waals surface area contributed by atoms with Crippen LogP contribution in [0.5, 0.6) is 17.4 Å². The topological polar surface area (TPSA) is 112 Å². The fourth-order valence-electron chi connectivity index (χ4n) is 2.80. The Bertz CT molecular complexity index is 1230. The highest BCUT2D eigenvalue weighted by Crippen LogP contribution is 2.38. The number of pyridine rings is 1. The second-order valence-electron chi connectivity index (χ2n) is 6.03. The van der Waals surface area contributed by atoms with Crippen LogP contribution in [0, 0.1) is 10.1 Å². The van der Waals surface area contributed by atoms with Gasteiger partial charge < -0.3 is 14.8 Å². The van der Waals surface area contributed by atoms with E-state index in [1.165, 1.54) is 6.33 Å². The van der Waals surface area contributed by atoms with Gasteiger partial charge in [0.2, 0.25) is 5.82 Å². The van der Waals surface area contributed by atoms with Crippen LogP contribution < -0.4 is 14.8 Å². The third kappa shape index (κ3) is 3.85. The summed E-state index contributed by atoms with van der Waals surface area (Å²) >= 11 is 3.46. The van der Waals surface area contributed by atoms with Crippen LogP contribution in [0.1, 0.15) is 0 Å². The van der Waals surface area contributed by atoms with Gasteiger partial charge in [0.25, 0.3) is 0 Å². The van der Waals surface area contributed by atoms with Gasteiger partial charge in [0.1, 0.15) is 17.6 Å². The Morgan fingerprint density at radius 2 is 1.87 bits per heavy atom. The molecule has 0 atom stereocenters. The zero-order valence-electron chi connectivity index (χ0n) is 15.6. The van der Waals surface area contributed by atoms with Crippen LogP contribution >= 0.6 is 15.9 Å². The van der Waals surface area contributed by atoms with E-state index in [1.807, 2.05) is 6.07 Å². The summed E-state index contributed by atoms with van der Waals surface area (Å²) in [5, 5.41) is 15.5. The summed E-state index contributed by atoms with van der Waals surface area (Å²) < 4.78 is 11.8. The van der Waals surface area contributed by atoms with Crippen LogP contribution in [0.25, 0.3) is 10.9 Å². The van der Waals surface area contributed by atoms with Gasteiger partial charge in [-0.1, -0.05) is 22.0 Å². The van der Waals surface area contributed by atoms with Gasteiger partial charge in [-0.3, -0.25) is 15.1 Å². The molecule has 150 valence electrons. The zero-order valence-corrected chi connectivity index (χ0v) is 17.2. The first-order valence-corrected chi connectivity index (χ1v) is 9.47. The first-order valence-electron chi connectivity index (χ1n) is 8.68. The quantitative estimate of drug-likeness (QED) is 0.302. The molecular weight excluding hydrogens is 454 g/mol. The lowest BCUT2D eigenvalue weighted by Gasteiger charge is -2.11. The average molecular weight is 468 g/mol. The minimum atomic E-state index is -0.588. The lowest BCUT2D eigenvalue weighted by Crippen LogP contribution is -2.04. The van der Waals surface area contributed by atoms with Gasteiger partial charge in [0, 0.05) is 21.7 Å². The van der Waals surface area contributed by atoms with Gasteiger partial charge in [0.05, 0.1) is 12.0 Å². The highest BCUT2D eigenvalue weighted by atomic mass is 79.9. The maximum atomic E-state index is 11.8. The van der Waals surface area contributed by atoms with Crippen molar-refractivity contribution in [3.8, 4) is 17.4 Å². The fourth-order valence-corrected chi connectivity index (χ4v) is 3.25. The first-order chi connectivity index (χ1) is 14.6. The smallest absolute Gasteiger partial charge is 0.373 e. The predicted octanol–water partition coefficient (Wildman–Crippen LogP) is 5.24. The highest BCUT2D eigenvalue weighted by molar-refractivity contribution is 9.10. The van der Waals surface area contributed by atoms with Crippen LogP contribution in [-0.2, 0) is 0 Å². The molecule has 0 aliphatic heterocycles. The second kappa shape index (κ2) is 8.29. The van der Waals surface area contributed by atoms with Crippen LogP contribution in [0.2, 0.25) is 0 Å². The number of ether oxygens (including phenoxy) is 2. The molecule has 0 spiro atoms. The number of hydrogen-bond acceptors (Lipinski definition) is 8. The largest absolute Gasteiger partial charge is 0.497 e. The number of halogens is 1. The molecule has 0 bridgehead atoms. The van der Waals surface area contributed by atoms with Gasteiger partial charge in [-0.15, -0.1) is 0 Å². The molecule has 4 rings (SSSR count). The van der Waals surface area contributed by atoms with Gasteiger partial charge >= 0.3 is 11.6 Å². The van der Waals surface area contributed by atoms with Gasteiger partial charge in [-0.25, -0.2) is 4.98 Å². The Morgan fingerprint density at radius 1 is 1.07 bits per heavy atom. The monoisotopic (exact) mass is 467 g/mol. The number of hydrogen-bond donors (Lipinski definition) is 1. The summed E-state index contributed by atoms with van der Waals surface area (Å²) in [6.07, 6.45) is 2.81. The maximum absolute atomic E-state index is 11.8. The Balaban J connectivity index is 1.73. The van der Waals surface area contributed by atoms with Gasteiger partial charge in [-0.05, 0) is 42.5 Å². The predicted molar refractivity (Wildman–Crippen MR) is 114 cm³/mol. The van der Waals surface area contributed by atoms with E-state index < -0.39 is 4.92 Å². The molecule has 0 unspecified atom stereocenters. The Labute approximate surface area is 179 Å². The molecule has 0 aliphatic carbocycles. The van der Waals surface area contributed by atoms with E-state index in [4.69, 9.17) is 9.47 Å². The Morgan fingerprint density at radius 3 is 2.60 bits per heavy atom. The molecule has 2 heterocycles. The van der Waals surface area contributed by atoms with E-state index >= 15 is 0 Å². The number of nitro groups is 1. The van der Waals surface area contributed by atoms with E-state index in [0.29, 0.717) is 22.7 Å². The third-order valence-corrected chi connectivity index (χ3v) is 4.90. The summed E-state index contributed by atoms with van der Waals surface area (Å²) in [6, 6.07) is 14.0. The summed E-state index contributed by atoms with van der Waals surface area (Å²) in [5.41, 5.74) is 0.754. The molecule has 30 heavy (non-hydrogen) atoms. The molecule has 0 amide bonds. The van der Waals surface area contributed by atoms with Crippen LogP contribution in [-0.4, -0.2) is 27.0 Å². The van der Waals surface area contributed by atoms with Gasteiger partial charge in [0.15, 0.2) is 5.75 Å². The van der Waals surface area contributed by atoms with Crippen molar-refractivity contribution in [3.05, 3.63) is 75.6 Å². The van der Waals surface area contributed by atoms with E-state index in [9.17, 15) is 10.1 Å². The number of rotatable bonds is 6. The van der Waals surface area contributed by atoms with Crippen molar-refractivity contribution in [2.24, 2.45) is 0 Å². The van der Waals surface area contributed by atoms with Crippen molar-refractivity contribution in [3.63, 3.8) is 0 Å².